The second kappa shape index (κ2) is 10.1. The number of carbonyl (C=O) groups excluding carboxylic acids is 1. The topological polar surface area (TPSA) is 29.5 Å². The molecule has 3 nitrogen and oxygen atoms in total. The van der Waals surface area contributed by atoms with Gasteiger partial charge in [-0.1, -0.05) is 51.8 Å². The molecule has 1 aliphatic rings. The molecule has 5 heteroatoms. The Morgan fingerprint density at radius 2 is 1.60 bits per heavy atom. The average Bonchev–Trinajstić information content (AvgIpc) is 2.49. The maximum Gasteiger partial charge on any atom is 0.330 e. The van der Waals surface area contributed by atoms with Crippen LogP contribution in [0.15, 0.2) is 12.2 Å². The summed E-state index contributed by atoms with van der Waals surface area (Å²) in [4.78, 5) is 14.2. The minimum Gasteiger partial charge on any atom is -0.463 e. The average molecular weight is 384 g/mol. The Kier molecular flexibility index (Phi) is 9.12. The van der Waals surface area contributed by atoms with Gasteiger partial charge in [0.1, 0.15) is 0 Å². The summed E-state index contributed by atoms with van der Waals surface area (Å²) < 4.78 is 4.92. The molecule has 0 aromatic rings. The number of carbonyl (C=O) groups is 1. The molecule has 0 aliphatic carbocycles. The van der Waals surface area contributed by atoms with E-state index in [1.165, 1.54) is 32.2 Å². The first-order chi connectivity index (χ1) is 11.6. The van der Waals surface area contributed by atoms with Gasteiger partial charge in [0.25, 0.3) is 0 Å². The van der Waals surface area contributed by atoms with E-state index in [0.29, 0.717) is 6.61 Å². The molecule has 0 aromatic heterocycles. The van der Waals surface area contributed by atoms with Gasteiger partial charge in [-0.2, -0.15) is 0 Å². The van der Waals surface area contributed by atoms with Crippen molar-refractivity contribution in [1.82, 2.24) is 4.90 Å². The van der Waals surface area contributed by atoms with Crippen molar-refractivity contribution < 1.29 is 9.53 Å². The number of hydrogen-bond acceptors (Lipinski definition) is 3. The maximum atomic E-state index is 11.3. The molecule has 25 heavy (non-hydrogen) atoms. The number of nitrogens with zero attached hydrogens (tertiary/aromatic N) is 1. The third-order valence-corrected chi connectivity index (χ3v) is 10.6. The molecule has 0 amide bonds. The summed E-state index contributed by atoms with van der Waals surface area (Å²) in [5.41, 5.74) is 1.68. The van der Waals surface area contributed by atoms with E-state index < -0.39 is 16.1 Å². The first-order valence-corrected chi connectivity index (χ1v) is 17.3. The van der Waals surface area contributed by atoms with Gasteiger partial charge in [-0.3, -0.25) is 0 Å². The van der Waals surface area contributed by atoms with Gasteiger partial charge in [-0.05, 0) is 45.6 Å². The number of hydrogen-bond donors (Lipinski definition) is 0. The van der Waals surface area contributed by atoms with Crippen LogP contribution >= 0.6 is 0 Å². The second-order valence-corrected chi connectivity index (χ2v) is 20.4. The number of piperidine rings is 1. The highest BCUT2D eigenvalue weighted by molar-refractivity contribution is 6.79. The summed E-state index contributed by atoms with van der Waals surface area (Å²) in [5, 5.41) is 0. The summed E-state index contributed by atoms with van der Waals surface area (Å²) in [5.74, 6) is -0.212. The van der Waals surface area contributed by atoms with Crippen molar-refractivity contribution in [3.8, 4) is 0 Å². The van der Waals surface area contributed by atoms with Crippen molar-refractivity contribution in [3.05, 3.63) is 12.2 Å². The van der Waals surface area contributed by atoms with Crippen molar-refractivity contribution in [3.63, 3.8) is 0 Å². The van der Waals surface area contributed by atoms with E-state index in [2.05, 4.69) is 44.2 Å². The van der Waals surface area contributed by atoms with Gasteiger partial charge < -0.3 is 9.64 Å². The first-order valence-electron chi connectivity index (χ1n) is 10.2. The van der Waals surface area contributed by atoms with E-state index in [1.807, 2.05) is 13.0 Å². The lowest BCUT2D eigenvalue weighted by Gasteiger charge is -2.51. The molecule has 146 valence electrons. The second-order valence-electron chi connectivity index (χ2n) is 9.58. The van der Waals surface area contributed by atoms with E-state index in [1.54, 1.807) is 6.08 Å². The lowest BCUT2D eigenvalue weighted by atomic mass is 10.1. The van der Waals surface area contributed by atoms with Crippen LogP contribution in [0.1, 0.15) is 45.4 Å². The van der Waals surface area contributed by atoms with E-state index >= 15 is 0 Å². The van der Waals surface area contributed by atoms with Crippen LogP contribution in [0.4, 0.5) is 0 Å². The van der Waals surface area contributed by atoms with Crippen LogP contribution in [0.25, 0.3) is 0 Å². The smallest absolute Gasteiger partial charge is 0.330 e. The van der Waals surface area contributed by atoms with Gasteiger partial charge >= 0.3 is 5.97 Å². The van der Waals surface area contributed by atoms with Crippen LogP contribution in [0.2, 0.25) is 39.3 Å². The number of allylic oxidation sites excluding steroid dienone is 1. The summed E-state index contributed by atoms with van der Waals surface area (Å²) in [6.45, 7) is 18.8. The molecule has 0 aromatic carbocycles. The fraction of sp³-hybridized carbons (Fsp3) is 0.850. The Morgan fingerprint density at radius 3 is 2.08 bits per heavy atom. The maximum absolute atomic E-state index is 11.3. The van der Waals surface area contributed by atoms with Gasteiger partial charge in [-0.25, -0.2) is 4.79 Å². The Morgan fingerprint density at radius 1 is 1.04 bits per heavy atom. The number of ether oxygens (including phenoxy) is 1. The highest BCUT2D eigenvalue weighted by Gasteiger charge is 2.42. The lowest BCUT2D eigenvalue weighted by Crippen LogP contribution is -2.63. The minimum atomic E-state index is -1.17. The molecule has 0 radical (unpaired) electrons. The number of esters is 1. The van der Waals surface area contributed by atoms with Crippen LogP contribution in [0.3, 0.4) is 0 Å². The Balaban J connectivity index is 2.58. The number of likely N-dealkylation sites (tertiary alicyclic amines) is 1. The van der Waals surface area contributed by atoms with E-state index in [9.17, 15) is 4.79 Å². The first kappa shape index (κ1) is 22.6. The zero-order chi connectivity index (χ0) is 19.1. The van der Waals surface area contributed by atoms with Crippen molar-refractivity contribution in [1.29, 1.82) is 0 Å². The van der Waals surface area contributed by atoms with Crippen LogP contribution < -0.4 is 0 Å². The Hall–Kier alpha value is -0.396. The van der Waals surface area contributed by atoms with Crippen LogP contribution in [0.5, 0.6) is 0 Å². The molecule has 0 saturated carbocycles. The van der Waals surface area contributed by atoms with Gasteiger partial charge in [-0.15, -0.1) is 0 Å². The normalized spacial score (nSPS) is 23.2. The zero-order valence-electron chi connectivity index (χ0n) is 17.7. The highest BCUT2D eigenvalue weighted by Crippen LogP contribution is 2.33. The third-order valence-electron chi connectivity index (χ3n) is 5.33. The number of rotatable bonds is 9. The molecule has 1 rings (SSSR count). The predicted octanol–water partition coefficient (Wildman–Crippen LogP) is 5.25. The van der Waals surface area contributed by atoms with Gasteiger partial charge in [0.2, 0.25) is 0 Å². The van der Waals surface area contributed by atoms with E-state index in [0.717, 1.165) is 24.2 Å². The monoisotopic (exact) mass is 383 g/mol. The fourth-order valence-electron chi connectivity index (χ4n) is 4.15. The molecule has 1 aliphatic heterocycles. The van der Waals surface area contributed by atoms with Crippen molar-refractivity contribution >= 4 is 22.1 Å². The predicted molar refractivity (Wildman–Crippen MR) is 114 cm³/mol. The molecule has 0 spiro atoms. The van der Waals surface area contributed by atoms with Gasteiger partial charge in [0.15, 0.2) is 0 Å². The zero-order valence-corrected chi connectivity index (χ0v) is 19.7. The summed E-state index contributed by atoms with van der Waals surface area (Å²) >= 11 is 0. The largest absolute Gasteiger partial charge is 0.463 e. The quantitative estimate of drug-likeness (QED) is 0.235. The molecular weight excluding hydrogens is 342 g/mol. The molecule has 2 unspecified atom stereocenters. The summed E-state index contributed by atoms with van der Waals surface area (Å²) in [6.07, 6.45) is 11.1. The molecule has 1 heterocycles. The Labute approximate surface area is 158 Å². The van der Waals surface area contributed by atoms with Gasteiger partial charge in [0, 0.05) is 17.4 Å². The summed E-state index contributed by atoms with van der Waals surface area (Å²) in [6, 6.07) is 0. The fourth-order valence-corrected chi connectivity index (χ4v) is 9.05. The molecule has 1 fully saturated rings. The molecular formula is C20H41NO2Si2. The molecule has 2 atom stereocenters. The SMILES string of the molecule is CCOC(=O)/C=C/CCCCN1C([Si](C)(C)C)CCCC1[Si](C)(C)C. The lowest BCUT2D eigenvalue weighted by molar-refractivity contribution is -0.137. The van der Waals surface area contributed by atoms with Crippen molar-refractivity contribution in [2.45, 2.75) is 96.1 Å². The molecule has 0 N–H and O–H groups in total. The standard InChI is InChI=1S/C20H41NO2Si2/c1-8-23-20(22)16-11-9-10-12-17-21-18(24(2,3)4)14-13-15-19(21)25(5,6)7/h11,16,18-19H,8-10,12-15,17H2,1-7H3/b16-11+. The minimum absolute atomic E-state index is 0.212. The van der Waals surface area contributed by atoms with Crippen molar-refractivity contribution in [2.24, 2.45) is 0 Å². The van der Waals surface area contributed by atoms with E-state index in [4.69, 9.17) is 4.74 Å². The van der Waals surface area contributed by atoms with Crippen LogP contribution in [0, 0.1) is 0 Å². The third kappa shape index (κ3) is 7.79. The molecule has 1 saturated heterocycles. The van der Waals surface area contributed by atoms with Crippen LogP contribution in [-0.2, 0) is 9.53 Å². The van der Waals surface area contributed by atoms with Gasteiger partial charge in [0.05, 0.1) is 22.8 Å². The summed E-state index contributed by atoms with van der Waals surface area (Å²) in [7, 11) is -2.33. The Bertz CT molecular complexity index is 416. The van der Waals surface area contributed by atoms with E-state index in [-0.39, 0.29) is 5.97 Å². The highest BCUT2D eigenvalue weighted by atomic mass is 28.3. The van der Waals surface area contributed by atoms with Crippen LogP contribution in [-0.4, -0.2) is 51.5 Å². The number of unbranched alkanes of at least 4 members (excludes halogenated alkanes) is 2. The van der Waals surface area contributed by atoms with Crippen molar-refractivity contribution in [2.75, 3.05) is 13.2 Å². The molecule has 0 bridgehead atoms.